The summed E-state index contributed by atoms with van der Waals surface area (Å²) in [5.74, 6) is -2.50. The van der Waals surface area contributed by atoms with E-state index in [1.54, 1.807) is 33.7 Å². The molecular formula is C47H42F5N3O4. The quantitative estimate of drug-likeness (QED) is 0.0861. The maximum absolute atomic E-state index is 14.7. The van der Waals surface area contributed by atoms with Crippen molar-refractivity contribution in [3.8, 4) is 11.1 Å². The molecule has 0 atom stereocenters. The first-order valence-electron chi connectivity index (χ1n) is 19.5. The molecule has 7 nitrogen and oxygen atoms in total. The number of rotatable bonds is 13. The number of piperidine rings is 1. The van der Waals surface area contributed by atoms with E-state index in [1.165, 1.54) is 30.3 Å². The van der Waals surface area contributed by atoms with E-state index in [4.69, 9.17) is 4.74 Å². The highest BCUT2D eigenvalue weighted by Crippen LogP contribution is 2.31. The Hall–Kier alpha value is -6.14. The number of likely N-dealkylation sites (tertiary alicyclic amines) is 1. The lowest BCUT2D eigenvalue weighted by molar-refractivity contribution is -0.147. The maximum Gasteiger partial charge on any atom is 0.416 e. The number of carbonyl (C=O) groups excluding carboxylic acids is 2. The Kier molecular flexibility index (Phi) is 12.7. The van der Waals surface area contributed by atoms with Gasteiger partial charge in [-0.15, -0.1) is 0 Å². The third-order valence-corrected chi connectivity index (χ3v) is 10.8. The lowest BCUT2D eigenvalue weighted by Crippen LogP contribution is -2.49. The van der Waals surface area contributed by atoms with E-state index in [9.17, 15) is 36.3 Å². The van der Waals surface area contributed by atoms with E-state index in [-0.39, 0.29) is 68.0 Å². The average Bonchev–Trinajstić information content (AvgIpc) is 3.24. The molecule has 1 saturated heterocycles. The standard InChI is InChI=1S/C47H42F5N3O4/c48-41-11-6-9-36(46(41)49)19-22-39-27-43(56)40-10-4-5-12-42(40)54(39)29-44(57)55(28-32-13-15-34(16-14-32)35-17-20-37(21-18-35)47(50,51)52)38-23-25-53(26-24-38)30-45(58)59-31-33-7-2-1-3-8-33/h1-18,20-21,27,38H,19,22-26,28-31H2. The fraction of sp³-hybridized carbons (Fsp3) is 0.255. The number of nitrogens with zero attached hydrogens (tertiary/aromatic N) is 3. The highest BCUT2D eigenvalue weighted by atomic mass is 19.4. The van der Waals surface area contributed by atoms with Crippen molar-refractivity contribution in [2.24, 2.45) is 0 Å². The summed E-state index contributed by atoms with van der Waals surface area (Å²) in [4.78, 5) is 44.5. The van der Waals surface area contributed by atoms with Crippen LogP contribution in [0.1, 0.15) is 40.8 Å². The Bertz CT molecular complexity index is 2460. The number of pyridine rings is 1. The van der Waals surface area contributed by atoms with Crippen LogP contribution in [0.4, 0.5) is 22.0 Å². The second-order valence-electron chi connectivity index (χ2n) is 14.8. The lowest BCUT2D eigenvalue weighted by Gasteiger charge is -2.38. The fourth-order valence-electron chi connectivity index (χ4n) is 7.63. The van der Waals surface area contributed by atoms with Crippen LogP contribution < -0.4 is 5.43 Å². The number of aromatic nitrogens is 1. The summed E-state index contributed by atoms with van der Waals surface area (Å²) in [5.41, 5.74) is 3.22. The average molecular weight is 808 g/mol. The lowest BCUT2D eigenvalue weighted by atomic mass is 10.00. The normalized spacial score (nSPS) is 13.7. The highest BCUT2D eigenvalue weighted by Gasteiger charge is 2.31. The first-order valence-corrected chi connectivity index (χ1v) is 19.5. The van der Waals surface area contributed by atoms with Crippen molar-refractivity contribution in [2.75, 3.05) is 19.6 Å². The predicted octanol–water partition coefficient (Wildman–Crippen LogP) is 8.99. The van der Waals surface area contributed by atoms with Crippen LogP contribution in [-0.4, -0.2) is 51.9 Å². The van der Waals surface area contributed by atoms with Gasteiger partial charge in [0, 0.05) is 42.8 Å². The molecule has 1 amide bonds. The minimum absolute atomic E-state index is 0.0940. The number of alkyl halides is 3. The van der Waals surface area contributed by atoms with Gasteiger partial charge in [-0.25, -0.2) is 8.78 Å². The van der Waals surface area contributed by atoms with Gasteiger partial charge in [-0.1, -0.05) is 91.0 Å². The molecule has 12 heteroatoms. The van der Waals surface area contributed by atoms with Gasteiger partial charge in [0.05, 0.1) is 17.6 Å². The molecule has 304 valence electrons. The molecule has 0 radical (unpaired) electrons. The SMILES string of the molecule is O=C(CN1CCC(N(Cc2ccc(-c3ccc(C(F)(F)F)cc3)cc2)C(=O)Cn2c(CCc3cccc(F)c3F)cc(=O)c3ccccc32)CC1)OCc1ccccc1. The van der Waals surface area contributed by atoms with Crippen molar-refractivity contribution in [2.45, 2.75) is 57.6 Å². The number of halogens is 5. The fourth-order valence-corrected chi connectivity index (χ4v) is 7.63. The summed E-state index contributed by atoms with van der Waals surface area (Å²) in [5, 5.41) is 0.416. The molecule has 0 bridgehead atoms. The molecule has 0 spiro atoms. The van der Waals surface area contributed by atoms with Gasteiger partial charge in [-0.2, -0.15) is 13.2 Å². The Morgan fingerprint density at radius 2 is 1.39 bits per heavy atom. The van der Waals surface area contributed by atoms with Crippen LogP contribution in [0.15, 0.2) is 132 Å². The van der Waals surface area contributed by atoms with Crippen LogP contribution in [0.3, 0.4) is 0 Å². The van der Waals surface area contributed by atoms with Gasteiger partial charge in [0.1, 0.15) is 13.2 Å². The van der Waals surface area contributed by atoms with Crippen LogP contribution in [0.2, 0.25) is 0 Å². The van der Waals surface area contributed by atoms with Crippen molar-refractivity contribution in [3.05, 3.63) is 177 Å². The Labute approximate surface area is 338 Å². The molecule has 1 aromatic heterocycles. The van der Waals surface area contributed by atoms with Crippen LogP contribution >= 0.6 is 0 Å². The molecule has 0 aliphatic carbocycles. The van der Waals surface area contributed by atoms with Gasteiger partial charge >= 0.3 is 12.1 Å². The van der Waals surface area contributed by atoms with E-state index in [0.29, 0.717) is 53.7 Å². The van der Waals surface area contributed by atoms with Crippen LogP contribution in [-0.2, 0) is 53.0 Å². The van der Waals surface area contributed by atoms with Crippen LogP contribution in [0.25, 0.3) is 22.0 Å². The van der Waals surface area contributed by atoms with Gasteiger partial charge in [0.25, 0.3) is 0 Å². The molecule has 2 heterocycles. The van der Waals surface area contributed by atoms with Crippen LogP contribution in [0.5, 0.6) is 0 Å². The largest absolute Gasteiger partial charge is 0.460 e. The minimum Gasteiger partial charge on any atom is -0.460 e. The summed E-state index contributed by atoms with van der Waals surface area (Å²) in [6.45, 7) is 1.43. The van der Waals surface area contributed by atoms with E-state index >= 15 is 0 Å². The molecule has 5 aromatic carbocycles. The predicted molar refractivity (Wildman–Crippen MR) is 215 cm³/mol. The molecule has 0 N–H and O–H groups in total. The second kappa shape index (κ2) is 18.2. The highest BCUT2D eigenvalue weighted by molar-refractivity contribution is 5.83. The molecule has 1 aliphatic heterocycles. The van der Waals surface area contributed by atoms with E-state index < -0.39 is 23.4 Å². The number of para-hydroxylation sites is 1. The summed E-state index contributed by atoms with van der Waals surface area (Å²) in [7, 11) is 0. The number of amides is 1. The number of aryl methyl sites for hydroxylation is 2. The molecule has 0 unspecified atom stereocenters. The number of esters is 1. The smallest absolute Gasteiger partial charge is 0.416 e. The van der Waals surface area contributed by atoms with Crippen molar-refractivity contribution < 1.29 is 36.3 Å². The van der Waals surface area contributed by atoms with Gasteiger partial charge < -0.3 is 14.2 Å². The first kappa shape index (κ1) is 41.0. The van der Waals surface area contributed by atoms with Crippen molar-refractivity contribution >= 4 is 22.8 Å². The summed E-state index contributed by atoms with van der Waals surface area (Å²) in [6, 6.07) is 33.8. The number of benzene rings is 5. The van der Waals surface area contributed by atoms with Crippen molar-refractivity contribution in [1.82, 2.24) is 14.4 Å². The summed E-state index contributed by atoms with van der Waals surface area (Å²) >= 11 is 0. The zero-order chi connectivity index (χ0) is 41.5. The van der Waals surface area contributed by atoms with Crippen molar-refractivity contribution in [3.63, 3.8) is 0 Å². The molecule has 1 aliphatic rings. The zero-order valence-electron chi connectivity index (χ0n) is 32.1. The van der Waals surface area contributed by atoms with Gasteiger partial charge in [0.2, 0.25) is 5.91 Å². The first-order chi connectivity index (χ1) is 28.4. The minimum atomic E-state index is -4.44. The number of fused-ring (bicyclic) bond motifs is 1. The molecule has 1 fully saturated rings. The maximum atomic E-state index is 14.7. The molecule has 59 heavy (non-hydrogen) atoms. The Balaban J connectivity index is 1.12. The number of hydrogen-bond acceptors (Lipinski definition) is 5. The van der Waals surface area contributed by atoms with Crippen molar-refractivity contribution in [1.29, 1.82) is 0 Å². The second-order valence-corrected chi connectivity index (χ2v) is 14.8. The van der Waals surface area contributed by atoms with E-state index in [2.05, 4.69) is 0 Å². The number of carbonyl (C=O) groups is 2. The van der Waals surface area contributed by atoms with E-state index in [1.807, 2.05) is 59.5 Å². The van der Waals surface area contributed by atoms with Gasteiger partial charge in [-0.3, -0.25) is 19.3 Å². The zero-order valence-corrected chi connectivity index (χ0v) is 32.1. The molecule has 6 aromatic rings. The summed E-state index contributed by atoms with van der Waals surface area (Å²) in [6.07, 6.45) is -3.05. The molecule has 7 rings (SSSR count). The van der Waals surface area contributed by atoms with E-state index in [0.717, 1.165) is 29.3 Å². The number of ether oxygens (including phenoxy) is 1. The third kappa shape index (κ3) is 10.1. The summed E-state index contributed by atoms with van der Waals surface area (Å²) < 4.78 is 75.6. The topological polar surface area (TPSA) is 71.9 Å². The molecular weight excluding hydrogens is 766 g/mol. The Morgan fingerprint density at radius 1 is 0.729 bits per heavy atom. The monoisotopic (exact) mass is 807 g/mol. The Morgan fingerprint density at radius 3 is 2.08 bits per heavy atom. The number of hydrogen-bond donors (Lipinski definition) is 0. The third-order valence-electron chi connectivity index (χ3n) is 10.8. The van der Waals surface area contributed by atoms with Gasteiger partial charge in [-0.05, 0) is 83.8 Å². The van der Waals surface area contributed by atoms with Crippen LogP contribution in [0, 0.1) is 11.6 Å². The van der Waals surface area contributed by atoms with Gasteiger partial charge in [0.15, 0.2) is 17.1 Å². The molecule has 0 saturated carbocycles.